The molecule has 0 saturated heterocycles. The Kier molecular flexibility index (Phi) is 3.77. The molecule has 2 aromatic carbocycles. The molecule has 1 N–H and O–H groups in total. The molecule has 0 fully saturated rings. The van der Waals surface area contributed by atoms with Crippen LogP contribution >= 0.6 is 0 Å². The molecule has 3 rings (SSSR count). The fourth-order valence-electron chi connectivity index (χ4n) is 2.22. The van der Waals surface area contributed by atoms with Gasteiger partial charge in [0.1, 0.15) is 11.6 Å². The van der Waals surface area contributed by atoms with Crippen LogP contribution in [0.25, 0.3) is 22.5 Å². The first-order valence-corrected chi connectivity index (χ1v) is 6.77. The molecule has 1 aromatic heterocycles. The highest BCUT2D eigenvalue weighted by atomic mass is 19.4. The quantitative estimate of drug-likeness (QED) is 0.781. The van der Waals surface area contributed by atoms with E-state index in [1.807, 2.05) is 0 Å². The molecule has 7 heteroatoms. The smallest absolute Gasteiger partial charge is 0.405 e. The molecule has 0 aliphatic rings. The lowest BCUT2D eigenvalue weighted by molar-refractivity contribution is -0.274. The zero-order chi connectivity index (χ0) is 16.4. The summed E-state index contributed by atoms with van der Waals surface area (Å²) in [6.45, 7) is 1.77. The monoisotopic (exact) mass is 319 g/mol. The van der Waals surface area contributed by atoms with Crippen LogP contribution in [0.4, 0.5) is 13.2 Å². The molecule has 0 aliphatic heterocycles. The lowest BCUT2D eigenvalue weighted by Gasteiger charge is -2.13. The van der Waals surface area contributed by atoms with Gasteiger partial charge in [0.25, 0.3) is 0 Å². The van der Waals surface area contributed by atoms with E-state index in [9.17, 15) is 13.2 Å². The molecule has 0 spiro atoms. The van der Waals surface area contributed by atoms with Crippen LogP contribution in [-0.4, -0.2) is 21.5 Å². The van der Waals surface area contributed by atoms with Crippen molar-refractivity contribution in [3.05, 3.63) is 54.4 Å². The average molecular weight is 319 g/mol. The van der Waals surface area contributed by atoms with Crippen molar-refractivity contribution in [2.45, 2.75) is 13.3 Å². The molecule has 23 heavy (non-hydrogen) atoms. The summed E-state index contributed by atoms with van der Waals surface area (Å²) in [5, 5.41) is 6.79. The molecule has 118 valence electrons. The Bertz CT molecular complexity index is 827. The fourth-order valence-corrected chi connectivity index (χ4v) is 2.22. The summed E-state index contributed by atoms with van der Waals surface area (Å²) in [5.41, 5.74) is 1.64. The molecule has 0 radical (unpaired) electrons. The molecule has 4 nitrogen and oxygen atoms in total. The number of para-hydroxylation sites is 1. The van der Waals surface area contributed by atoms with Crippen LogP contribution in [0.3, 0.4) is 0 Å². The second kappa shape index (κ2) is 5.75. The molecule has 3 aromatic rings. The lowest BCUT2D eigenvalue weighted by Crippen LogP contribution is -2.17. The second-order valence-corrected chi connectivity index (χ2v) is 4.87. The van der Waals surface area contributed by atoms with Crippen molar-refractivity contribution in [3.63, 3.8) is 0 Å². The highest BCUT2D eigenvalue weighted by Crippen LogP contribution is 2.34. The van der Waals surface area contributed by atoms with Gasteiger partial charge in [-0.25, -0.2) is 4.98 Å². The van der Waals surface area contributed by atoms with Crippen LogP contribution in [0.15, 0.2) is 48.5 Å². The zero-order valence-electron chi connectivity index (χ0n) is 12.1. The SMILES string of the molecule is Cc1nc(-c2cccc(-c3ccccc3OC(F)(F)F)c2)n[nH]1. The number of hydrogen-bond donors (Lipinski definition) is 1. The molecular formula is C16H12F3N3O. The van der Waals surface area contributed by atoms with Crippen LogP contribution in [0.1, 0.15) is 5.82 Å². The summed E-state index contributed by atoms with van der Waals surface area (Å²) in [4.78, 5) is 4.22. The van der Waals surface area contributed by atoms with Gasteiger partial charge in [0.15, 0.2) is 5.82 Å². The average Bonchev–Trinajstić information content (AvgIpc) is 2.93. The van der Waals surface area contributed by atoms with Gasteiger partial charge in [0.2, 0.25) is 0 Å². The summed E-state index contributed by atoms with van der Waals surface area (Å²) < 4.78 is 41.7. The third-order valence-corrected chi connectivity index (χ3v) is 3.14. The third kappa shape index (κ3) is 3.50. The molecular weight excluding hydrogens is 307 g/mol. The molecule has 0 amide bonds. The number of nitrogens with zero attached hydrogens (tertiary/aromatic N) is 2. The Hall–Kier alpha value is -2.83. The fraction of sp³-hybridized carbons (Fsp3) is 0.125. The minimum atomic E-state index is -4.74. The van der Waals surface area contributed by atoms with E-state index in [0.29, 0.717) is 28.3 Å². The molecule has 0 aliphatic carbocycles. The van der Waals surface area contributed by atoms with Crippen molar-refractivity contribution in [2.24, 2.45) is 0 Å². The number of nitrogens with one attached hydrogen (secondary N) is 1. The van der Waals surface area contributed by atoms with Crippen LogP contribution in [0.5, 0.6) is 5.75 Å². The predicted octanol–water partition coefficient (Wildman–Crippen LogP) is 4.35. The molecule has 0 saturated carbocycles. The normalized spacial score (nSPS) is 11.5. The van der Waals surface area contributed by atoms with Gasteiger partial charge < -0.3 is 4.74 Å². The second-order valence-electron chi connectivity index (χ2n) is 4.87. The Morgan fingerprint density at radius 3 is 2.43 bits per heavy atom. The molecule has 0 bridgehead atoms. The Morgan fingerprint density at radius 2 is 1.74 bits per heavy atom. The van der Waals surface area contributed by atoms with Crippen molar-refractivity contribution in [3.8, 4) is 28.3 Å². The first-order chi connectivity index (χ1) is 10.9. The van der Waals surface area contributed by atoms with E-state index in [1.165, 1.54) is 12.1 Å². The topological polar surface area (TPSA) is 50.8 Å². The van der Waals surface area contributed by atoms with Crippen LogP contribution in [-0.2, 0) is 0 Å². The lowest BCUT2D eigenvalue weighted by atomic mass is 10.0. The summed E-state index contributed by atoms with van der Waals surface area (Å²) in [6.07, 6.45) is -4.74. The Morgan fingerprint density at radius 1 is 1.00 bits per heavy atom. The minimum Gasteiger partial charge on any atom is -0.405 e. The zero-order valence-corrected chi connectivity index (χ0v) is 12.1. The molecule has 0 atom stereocenters. The van der Waals surface area contributed by atoms with Gasteiger partial charge in [-0.2, -0.15) is 5.10 Å². The number of aryl methyl sites for hydroxylation is 1. The van der Waals surface area contributed by atoms with E-state index < -0.39 is 6.36 Å². The van der Waals surface area contributed by atoms with Crippen LogP contribution in [0, 0.1) is 6.92 Å². The van der Waals surface area contributed by atoms with Gasteiger partial charge in [0.05, 0.1) is 0 Å². The van der Waals surface area contributed by atoms with Crippen molar-refractivity contribution < 1.29 is 17.9 Å². The van der Waals surface area contributed by atoms with Crippen LogP contribution in [0.2, 0.25) is 0 Å². The van der Waals surface area contributed by atoms with Crippen molar-refractivity contribution in [1.29, 1.82) is 0 Å². The molecule has 1 heterocycles. The van der Waals surface area contributed by atoms with Gasteiger partial charge in [0, 0.05) is 11.1 Å². The first kappa shape index (κ1) is 15.1. The minimum absolute atomic E-state index is 0.247. The summed E-state index contributed by atoms with van der Waals surface area (Å²) in [6, 6.07) is 13.0. The van der Waals surface area contributed by atoms with E-state index in [-0.39, 0.29) is 5.75 Å². The maximum absolute atomic E-state index is 12.5. The predicted molar refractivity (Wildman–Crippen MR) is 78.7 cm³/mol. The maximum Gasteiger partial charge on any atom is 0.573 e. The van der Waals surface area contributed by atoms with E-state index >= 15 is 0 Å². The largest absolute Gasteiger partial charge is 0.573 e. The van der Waals surface area contributed by atoms with E-state index in [2.05, 4.69) is 19.9 Å². The van der Waals surface area contributed by atoms with E-state index in [4.69, 9.17) is 0 Å². The number of benzene rings is 2. The Balaban J connectivity index is 2.03. The summed E-state index contributed by atoms with van der Waals surface area (Å²) >= 11 is 0. The summed E-state index contributed by atoms with van der Waals surface area (Å²) in [5.74, 6) is 0.896. The van der Waals surface area contributed by atoms with Gasteiger partial charge in [-0.1, -0.05) is 36.4 Å². The number of alkyl halides is 3. The van der Waals surface area contributed by atoms with Gasteiger partial charge in [-0.15, -0.1) is 13.2 Å². The van der Waals surface area contributed by atoms with E-state index in [0.717, 1.165) is 0 Å². The highest BCUT2D eigenvalue weighted by molar-refractivity contribution is 5.74. The maximum atomic E-state index is 12.5. The molecule has 0 unspecified atom stereocenters. The van der Waals surface area contributed by atoms with Crippen LogP contribution < -0.4 is 4.74 Å². The Labute approximate surface area is 130 Å². The first-order valence-electron chi connectivity index (χ1n) is 6.77. The van der Waals surface area contributed by atoms with Crippen molar-refractivity contribution in [1.82, 2.24) is 15.2 Å². The summed E-state index contributed by atoms with van der Waals surface area (Å²) in [7, 11) is 0. The van der Waals surface area contributed by atoms with Gasteiger partial charge in [-0.3, -0.25) is 5.10 Å². The van der Waals surface area contributed by atoms with Crippen molar-refractivity contribution >= 4 is 0 Å². The number of aromatic nitrogens is 3. The van der Waals surface area contributed by atoms with E-state index in [1.54, 1.807) is 43.3 Å². The highest BCUT2D eigenvalue weighted by Gasteiger charge is 2.32. The number of hydrogen-bond acceptors (Lipinski definition) is 3. The number of halogens is 3. The third-order valence-electron chi connectivity index (χ3n) is 3.14. The number of ether oxygens (including phenoxy) is 1. The van der Waals surface area contributed by atoms with Gasteiger partial charge >= 0.3 is 6.36 Å². The number of rotatable bonds is 3. The number of H-pyrrole nitrogens is 1. The van der Waals surface area contributed by atoms with Gasteiger partial charge in [-0.05, 0) is 24.6 Å². The van der Waals surface area contributed by atoms with Crippen molar-refractivity contribution in [2.75, 3.05) is 0 Å². The number of aromatic amines is 1. The standard InChI is InChI=1S/C16H12F3N3O/c1-10-20-15(22-21-10)12-6-4-5-11(9-12)13-7-2-3-8-14(13)23-16(17,18)19/h2-9H,1H3,(H,20,21,22).